The van der Waals surface area contributed by atoms with Gasteiger partial charge in [0.25, 0.3) is 0 Å². The van der Waals surface area contributed by atoms with Crippen LogP contribution in [0.4, 0.5) is 0 Å². The quantitative estimate of drug-likeness (QED) is 0.614. The number of hydrogen-bond acceptors (Lipinski definition) is 4. The van der Waals surface area contributed by atoms with Gasteiger partial charge < -0.3 is 15.2 Å². The third-order valence-electron chi connectivity index (χ3n) is 5.91. The zero-order valence-electron chi connectivity index (χ0n) is 17.9. The molecule has 2 N–H and O–H groups in total. The molecule has 2 amide bonds. The van der Waals surface area contributed by atoms with Gasteiger partial charge in [-0.15, -0.1) is 0 Å². The van der Waals surface area contributed by atoms with Gasteiger partial charge in [-0.3, -0.25) is 14.5 Å². The summed E-state index contributed by atoms with van der Waals surface area (Å²) in [5.41, 5.74) is 3.16. The summed E-state index contributed by atoms with van der Waals surface area (Å²) in [6, 6.07) is 17.7. The van der Waals surface area contributed by atoms with E-state index in [-0.39, 0.29) is 11.8 Å². The molecule has 7 nitrogen and oxygen atoms in total. The third kappa shape index (κ3) is 5.11. The van der Waals surface area contributed by atoms with Crippen LogP contribution in [-0.2, 0) is 22.4 Å². The number of fused-ring (bicyclic) bond motifs is 1. The first kappa shape index (κ1) is 21.1. The molecule has 0 saturated carbocycles. The van der Waals surface area contributed by atoms with Crippen LogP contribution in [0.3, 0.4) is 0 Å². The summed E-state index contributed by atoms with van der Waals surface area (Å²) in [5, 5.41) is 2.73. The zero-order valence-corrected chi connectivity index (χ0v) is 17.9. The Morgan fingerprint density at radius 3 is 2.61 bits per heavy atom. The minimum atomic E-state index is -0.460. The van der Waals surface area contributed by atoms with Gasteiger partial charge in [0.15, 0.2) is 0 Å². The molecule has 1 atom stereocenters. The molecule has 1 fully saturated rings. The van der Waals surface area contributed by atoms with Crippen molar-refractivity contribution in [2.24, 2.45) is 0 Å². The van der Waals surface area contributed by atoms with Gasteiger partial charge in [0.05, 0.1) is 11.0 Å². The maximum atomic E-state index is 13.0. The number of nitrogens with zero attached hydrogens (tertiary/aromatic N) is 3. The molecule has 4 rings (SSSR count). The summed E-state index contributed by atoms with van der Waals surface area (Å²) < 4.78 is 0. The highest BCUT2D eigenvalue weighted by Crippen LogP contribution is 2.16. The molecular weight excluding hydrogens is 390 g/mol. The van der Waals surface area contributed by atoms with Crippen molar-refractivity contribution < 1.29 is 9.59 Å². The van der Waals surface area contributed by atoms with Crippen molar-refractivity contribution in [3.63, 3.8) is 0 Å². The van der Waals surface area contributed by atoms with Crippen LogP contribution in [0.2, 0.25) is 0 Å². The van der Waals surface area contributed by atoms with E-state index < -0.39 is 6.04 Å². The number of carbonyl (C=O) groups is 2. The second-order valence-corrected chi connectivity index (χ2v) is 7.95. The molecular formula is C24H29N5O2. The number of aromatic nitrogens is 2. The van der Waals surface area contributed by atoms with Gasteiger partial charge >= 0.3 is 0 Å². The van der Waals surface area contributed by atoms with E-state index >= 15 is 0 Å². The Bertz CT molecular complexity index is 1000. The van der Waals surface area contributed by atoms with E-state index in [1.165, 1.54) is 5.56 Å². The predicted molar refractivity (Wildman–Crippen MR) is 121 cm³/mol. The van der Waals surface area contributed by atoms with Gasteiger partial charge in [0.1, 0.15) is 11.9 Å². The van der Waals surface area contributed by atoms with Crippen molar-refractivity contribution in [2.45, 2.75) is 25.3 Å². The first-order chi connectivity index (χ1) is 15.1. The highest BCUT2D eigenvalue weighted by Gasteiger charge is 2.34. The van der Waals surface area contributed by atoms with E-state index in [9.17, 15) is 9.59 Å². The molecule has 1 aliphatic rings. The molecule has 3 aromatic rings. The molecule has 0 aliphatic carbocycles. The molecule has 2 heterocycles. The number of para-hydroxylation sites is 2. The SMILES string of the molecule is CNC(=O)C1CN(CCc2ccccc2)CCN1C(=O)CCc1nc2ccccc2[nH]1. The summed E-state index contributed by atoms with van der Waals surface area (Å²) in [6.45, 7) is 2.77. The number of aromatic amines is 1. The minimum absolute atomic E-state index is 0.00299. The van der Waals surface area contributed by atoms with Crippen molar-refractivity contribution in [2.75, 3.05) is 33.2 Å². The second kappa shape index (κ2) is 9.75. The average molecular weight is 420 g/mol. The number of imidazole rings is 1. The average Bonchev–Trinajstić information content (AvgIpc) is 3.24. The summed E-state index contributed by atoms with van der Waals surface area (Å²) in [6.07, 6.45) is 1.79. The van der Waals surface area contributed by atoms with Crippen LogP contribution in [0.1, 0.15) is 17.8 Å². The van der Waals surface area contributed by atoms with Crippen molar-refractivity contribution in [1.82, 2.24) is 25.1 Å². The summed E-state index contributed by atoms with van der Waals surface area (Å²) in [7, 11) is 1.63. The molecule has 1 saturated heterocycles. The lowest BCUT2D eigenvalue weighted by Crippen LogP contribution is -2.60. The summed E-state index contributed by atoms with van der Waals surface area (Å²) >= 11 is 0. The molecule has 1 aliphatic heterocycles. The number of carbonyl (C=O) groups excluding carboxylic acids is 2. The Morgan fingerprint density at radius 1 is 1.06 bits per heavy atom. The fraction of sp³-hybridized carbons (Fsp3) is 0.375. The number of rotatable bonds is 7. The monoisotopic (exact) mass is 419 g/mol. The number of hydrogen-bond donors (Lipinski definition) is 2. The number of nitrogens with one attached hydrogen (secondary N) is 2. The Labute approximate surface area is 182 Å². The number of piperazine rings is 1. The molecule has 1 aromatic heterocycles. The first-order valence-electron chi connectivity index (χ1n) is 10.8. The Balaban J connectivity index is 1.35. The van der Waals surface area contributed by atoms with Gasteiger partial charge in [-0.1, -0.05) is 42.5 Å². The van der Waals surface area contributed by atoms with E-state index in [1.54, 1.807) is 11.9 Å². The van der Waals surface area contributed by atoms with Crippen LogP contribution in [0, 0.1) is 0 Å². The van der Waals surface area contributed by atoms with Crippen LogP contribution >= 0.6 is 0 Å². The summed E-state index contributed by atoms with van der Waals surface area (Å²) in [4.78, 5) is 37.4. The molecule has 0 bridgehead atoms. The maximum Gasteiger partial charge on any atom is 0.243 e. The van der Waals surface area contributed by atoms with Crippen LogP contribution < -0.4 is 5.32 Å². The lowest BCUT2D eigenvalue weighted by Gasteiger charge is -2.40. The van der Waals surface area contributed by atoms with Crippen LogP contribution in [0.15, 0.2) is 54.6 Å². The Morgan fingerprint density at radius 2 is 1.84 bits per heavy atom. The van der Waals surface area contributed by atoms with Gasteiger partial charge in [-0.05, 0) is 24.1 Å². The predicted octanol–water partition coefficient (Wildman–Crippen LogP) is 2.00. The molecule has 1 unspecified atom stereocenters. The molecule has 31 heavy (non-hydrogen) atoms. The second-order valence-electron chi connectivity index (χ2n) is 7.95. The Hall–Kier alpha value is -3.19. The molecule has 0 radical (unpaired) electrons. The van der Waals surface area contributed by atoms with E-state index in [1.807, 2.05) is 42.5 Å². The van der Waals surface area contributed by atoms with E-state index in [4.69, 9.17) is 0 Å². The standard InChI is InChI=1S/C24H29N5O2/c1-25-24(31)21-17-28(14-13-18-7-3-2-4-8-18)15-16-29(21)23(30)12-11-22-26-19-9-5-6-10-20(19)27-22/h2-10,21H,11-17H2,1H3,(H,25,31)(H,26,27). The lowest BCUT2D eigenvalue weighted by atomic mass is 10.1. The van der Waals surface area contributed by atoms with Crippen molar-refractivity contribution in [3.05, 3.63) is 66.0 Å². The van der Waals surface area contributed by atoms with Gasteiger partial charge in [0, 0.05) is 46.1 Å². The van der Waals surface area contributed by atoms with Crippen molar-refractivity contribution in [1.29, 1.82) is 0 Å². The van der Waals surface area contributed by atoms with Gasteiger partial charge in [0.2, 0.25) is 11.8 Å². The highest BCUT2D eigenvalue weighted by atomic mass is 16.2. The number of likely N-dealkylation sites (N-methyl/N-ethyl adjacent to an activating group) is 1. The highest BCUT2D eigenvalue weighted by molar-refractivity contribution is 5.88. The number of aryl methyl sites for hydroxylation is 1. The van der Waals surface area contributed by atoms with Crippen LogP contribution in [0.5, 0.6) is 0 Å². The topological polar surface area (TPSA) is 81.3 Å². The van der Waals surface area contributed by atoms with Crippen molar-refractivity contribution >= 4 is 22.8 Å². The van der Waals surface area contributed by atoms with Gasteiger partial charge in [-0.2, -0.15) is 0 Å². The Kier molecular flexibility index (Phi) is 6.62. The van der Waals surface area contributed by atoms with E-state index in [2.05, 4.69) is 32.3 Å². The molecule has 162 valence electrons. The van der Waals surface area contributed by atoms with Gasteiger partial charge in [-0.25, -0.2) is 4.98 Å². The number of H-pyrrole nitrogens is 1. The molecule has 0 spiro atoms. The first-order valence-corrected chi connectivity index (χ1v) is 10.8. The minimum Gasteiger partial charge on any atom is -0.357 e. The normalized spacial score (nSPS) is 17.1. The van der Waals surface area contributed by atoms with Crippen molar-refractivity contribution in [3.8, 4) is 0 Å². The fourth-order valence-corrected chi connectivity index (χ4v) is 4.16. The number of amides is 2. The molecule has 7 heteroatoms. The van der Waals surface area contributed by atoms with E-state index in [0.29, 0.717) is 25.9 Å². The summed E-state index contributed by atoms with van der Waals surface area (Å²) in [5.74, 6) is 0.686. The smallest absolute Gasteiger partial charge is 0.243 e. The molecule has 2 aromatic carbocycles. The number of benzene rings is 2. The van der Waals surface area contributed by atoms with Crippen LogP contribution in [0.25, 0.3) is 11.0 Å². The largest absolute Gasteiger partial charge is 0.357 e. The fourth-order valence-electron chi connectivity index (χ4n) is 4.16. The maximum absolute atomic E-state index is 13.0. The van der Waals surface area contributed by atoms with E-state index in [0.717, 1.165) is 36.4 Å². The van der Waals surface area contributed by atoms with Crippen LogP contribution in [-0.4, -0.2) is 70.9 Å². The third-order valence-corrected chi connectivity index (χ3v) is 5.91. The lowest BCUT2D eigenvalue weighted by molar-refractivity contribution is -0.143. The zero-order chi connectivity index (χ0) is 21.6.